The minimum absolute atomic E-state index is 0.0572. The van der Waals surface area contributed by atoms with Gasteiger partial charge in [0.1, 0.15) is 16.8 Å². The van der Waals surface area contributed by atoms with E-state index in [1.54, 1.807) is 16.8 Å². The number of amides is 1. The molecule has 0 atom stereocenters. The van der Waals surface area contributed by atoms with Crippen molar-refractivity contribution in [2.75, 3.05) is 19.8 Å². The summed E-state index contributed by atoms with van der Waals surface area (Å²) in [6.07, 6.45) is 5.29. The van der Waals surface area contributed by atoms with E-state index < -0.39 is 0 Å². The van der Waals surface area contributed by atoms with Gasteiger partial charge in [-0.3, -0.25) is 19.4 Å². The van der Waals surface area contributed by atoms with Crippen LogP contribution >= 0.6 is 0 Å². The lowest BCUT2D eigenvalue weighted by atomic mass is 10.1. The van der Waals surface area contributed by atoms with Crippen LogP contribution in [0.3, 0.4) is 0 Å². The fourth-order valence-electron chi connectivity index (χ4n) is 3.63. The molecule has 3 aromatic rings. The molecule has 0 fully saturated rings. The fraction of sp³-hybridized carbons (Fsp3) is 0.478. The standard InChI is InChI=1S/C23H31N5O3/c1-4-6-7-11-25-22(29)17-15-18-21(27(19(17)24)13-9-14-31-5-2)26-20-16(3)10-8-12-28(20)23(18)30/h8,10,12,15,24H,4-7,9,11,13-14H2,1-3H3,(H,25,29). The number of unbranched alkanes of at least 4 members (excludes halogenated alkanes) is 2. The highest BCUT2D eigenvalue weighted by Gasteiger charge is 2.17. The van der Waals surface area contributed by atoms with Crippen LogP contribution in [0.1, 0.15) is 55.5 Å². The molecule has 0 aliphatic carbocycles. The van der Waals surface area contributed by atoms with Crippen LogP contribution in [-0.2, 0) is 11.3 Å². The Balaban J connectivity index is 2.14. The zero-order valence-corrected chi connectivity index (χ0v) is 18.5. The van der Waals surface area contributed by atoms with Crippen molar-refractivity contribution < 1.29 is 9.53 Å². The Morgan fingerprint density at radius 3 is 2.77 bits per heavy atom. The van der Waals surface area contributed by atoms with Crippen molar-refractivity contribution in [3.8, 4) is 0 Å². The van der Waals surface area contributed by atoms with Crippen molar-refractivity contribution in [1.29, 1.82) is 5.41 Å². The summed E-state index contributed by atoms with van der Waals surface area (Å²) in [7, 11) is 0. The summed E-state index contributed by atoms with van der Waals surface area (Å²) in [6.45, 7) is 8.05. The molecule has 0 bridgehead atoms. The molecule has 0 spiro atoms. The number of aromatic nitrogens is 3. The van der Waals surface area contributed by atoms with Gasteiger partial charge < -0.3 is 14.6 Å². The fourth-order valence-corrected chi connectivity index (χ4v) is 3.63. The first kappa shape index (κ1) is 22.7. The number of hydrogen-bond donors (Lipinski definition) is 2. The van der Waals surface area contributed by atoms with Crippen LogP contribution in [0.25, 0.3) is 16.7 Å². The Hall–Kier alpha value is -3.00. The lowest BCUT2D eigenvalue weighted by Gasteiger charge is -2.15. The summed E-state index contributed by atoms with van der Waals surface area (Å²) >= 11 is 0. The van der Waals surface area contributed by atoms with Crippen molar-refractivity contribution in [2.45, 2.75) is 53.0 Å². The maximum absolute atomic E-state index is 13.2. The number of nitrogens with zero attached hydrogens (tertiary/aromatic N) is 3. The topological polar surface area (TPSA) is 101 Å². The van der Waals surface area contributed by atoms with Crippen LogP contribution in [0.15, 0.2) is 29.2 Å². The molecule has 0 radical (unpaired) electrons. The van der Waals surface area contributed by atoms with Crippen LogP contribution < -0.4 is 16.4 Å². The highest BCUT2D eigenvalue weighted by molar-refractivity contribution is 5.96. The molecule has 166 valence electrons. The number of carbonyl (C=O) groups is 1. The Bertz CT molecular complexity index is 1200. The third-order valence-electron chi connectivity index (χ3n) is 5.32. The van der Waals surface area contributed by atoms with Crippen molar-refractivity contribution in [1.82, 2.24) is 19.3 Å². The minimum atomic E-state index is -0.338. The number of hydrogen-bond acceptors (Lipinski definition) is 5. The van der Waals surface area contributed by atoms with Gasteiger partial charge in [-0.25, -0.2) is 4.98 Å². The van der Waals surface area contributed by atoms with Crippen LogP contribution in [0.4, 0.5) is 0 Å². The molecule has 3 heterocycles. The lowest BCUT2D eigenvalue weighted by Crippen LogP contribution is -2.35. The van der Waals surface area contributed by atoms with Crippen LogP contribution in [0.5, 0.6) is 0 Å². The Kier molecular flexibility index (Phi) is 7.57. The predicted octanol–water partition coefficient (Wildman–Crippen LogP) is 2.78. The molecular weight excluding hydrogens is 394 g/mol. The molecule has 0 saturated carbocycles. The molecule has 8 heteroatoms. The van der Waals surface area contributed by atoms with Crippen molar-refractivity contribution in [2.24, 2.45) is 0 Å². The van der Waals surface area contributed by atoms with Gasteiger partial charge in [-0.05, 0) is 44.4 Å². The van der Waals surface area contributed by atoms with Gasteiger partial charge in [-0.1, -0.05) is 25.8 Å². The molecule has 3 rings (SSSR count). The van der Waals surface area contributed by atoms with Crippen LogP contribution in [-0.4, -0.2) is 39.6 Å². The summed E-state index contributed by atoms with van der Waals surface area (Å²) < 4.78 is 8.58. The summed E-state index contributed by atoms with van der Waals surface area (Å²) in [5, 5.41) is 11.9. The molecule has 8 nitrogen and oxygen atoms in total. The van der Waals surface area contributed by atoms with E-state index in [0.29, 0.717) is 49.4 Å². The molecule has 0 aromatic carbocycles. The first-order valence-corrected chi connectivity index (χ1v) is 11.0. The zero-order chi connectivity index (χ0) is 22.4. The molecular formula is C23H31N5O3. The first-order chi connectivity index (χ1) is 15.0. The normalized spacial score (nSPS) is 11.3. The van der Waals surface area contributed by atoms with Gasteiger partial charge in [-0.2, -0.15) is 0 Å². The predicted molar refractivity (Wildman–Crippen MR) is 121 cm³/mol. The molecule has 0 aliphatic heterocycles. The second kappa shape index (κ2) is 10.3. The number of fused-ring (bicyclic) bond motifs is 2. The van der Waals surface area contributed by atoms with Crippen LogP contribution in [0, 0.1) is 12.3 Å². The van der Waals surface area contributed by atoms with Gasteiger partial charge in [-0.15, -0.1) is 0 Å². The maximum atomic E-state index is 13.2. The first-order valence-electron chi connectivity index (χ1n) is 11.0. The monoisotopic (exact) mass is 425 g/mol. The molecule has 1 amide bonds. The van der Waals surface area contributed by atoms with Crippen LogP contribution in [0.2, 0.25) is 0 Å². The summed E-state index contributed by atoms with van der Waals surface area (Å²) in [6, 6.07) is 5.20. The van der Waals surface area contributed by atoms with Crippen molar-refractivity contribution in [3.05, 3.63) is 51.4 Å². The third kappa shape index (κ3) is 4.85. The second-order valence-electron chi connectivity index (χ2n) is 7.61. The van der Waals surface area contributed by atoms with Crippen molar-refractivity contribution in [3.63, 3.8) is 0 Å². The van der Waals surface area contributed by atoms with Gasteiger partial charge in [0.25, 0.3) is 11.5 Å². The van der Waals surface area contributed by atoms with Gasteiger partial charge in [0.2, 0.25) is 0 Å². The zero-order valence-electron chi connectivity index (χ0n) is 18.5. The van der Waals surface area contributed by atoms with E-state index in [4.69, 9.17) is 15.1 Å². The van der Waals surface area contributed by atoms with Gasteiger partial charge in [0.05, 0.1) is 10.9 Å². The average molecular weight is 426 g/mol. The van der Waals surface area contributed by atoms with Crippen molar-refractivity contribution >= 4 is 22.6 Å². The quantitative estimate of drug-likeness (QED) is 0.385. The van der Waals surface area contributed by atoms with E-state index in [9.17, 15) is 9.59 Å². The van der Waals surface area contributed by atoms with E-state index in [0.717, 1.165) is 24.8 Å². The van der Waals surface area contributed by atoms with E-state index >= 15 is 0 Å². The smallest absolute Gasteiger partial charge is 0.267 e. The largest absolute Gasteiger partial charge is 0.382 e. The Labute approximate surface area is 181 Å². The highest BCUT2D eigenvalue weighted by Crippen LogP contribution is 2.13. The Morgan fingerprint density at radius 1 is 1.23 bits per heavy atom. The summed E-state index contributed by atoms with van der Waals surface area (Å²) in [5.74, 6) is -0.338. The van der Waals surface area contributed by atoms with E-state index in [1.807, 2.05) is 19.9 Å². The number of carbonyl (C=O) groups excluding carboxylic acids is 1. The lowest BCUT2D eigenvalue weighted by molar-refractivity contribution is 0.0950. The molecule has 3 aromatic heterocycles. The number of aryl methyl sites for hydroxylation is 2. The molecule has 2 N–H and O–H groups in total. The molecule has 0 aliphatic rings. The number of pyridine rings is 2. The number of nitrogens with one attached hydrogen (secondary N) is 2. The average Bonchev–Trinajstić information content (AvgIpc) is 2.76. The van der Waals surface area contributed by atoms with E-state index in [-0.39, 0.29) is 22.5 Å². The number of ether oxygens (including phenoxy) is 1. The maximum Gasteiger partial charge on any atom is 0.267 e. The van der Waals surface area contributed by atoms with E-state index in [2.05, 4.69) is 12.2 Å². The Morgan fingerprint density at radius 2 is 2.03 bits per heavy atom. The van der Waals surface area contributed by atoms with Gasteiger partial charge in [0.15, 0.2) is 0 Å². The van der Waals surface area contributed by atoms with E-state index in [1.165, 1.54) is 10.5 Å². The molecule has 31 heavy (non-hydrogen) atoms. The SMILES string of the molecule is CCCCCNC(=O)c1cc2c(=O)n3cccc(C)c3nc2n(CCCOCC)c1=N. The van der Waals surface area contributed by atoms with Gasteiger partial charge in [0, 0.05) is 32.5 Å². The van der Waals surface area contributed by atoms with Gasteiger partial charge >= 0.3 is 0 Å². The molecule has 0 saturated heterocycles. The highest BCUT2D eigenvalue weighted by atomic mass is 16.5. The number of rotatable bonds is 10. The summed E-state index contributed by atoms with van der Waals surface area (Å²) in [5.41, 5.74) is 1.83. The molecule has 0 unspecified atom stereocenters. The second-order valence-corrected chi connectivity index (χ2v) is 7.61. The summed E-state index contributed by atoms with van der Waals surface area (Å²) in [4.78, 5) is 30.8. The third-order valence-corrected chi connectivity index (χ3v) is 5.32. The minimum Gasteiger partial charge on any atom is -0.382 e.